The fourth-order valence-electron chi connectivity index (χ4n) is 2.92. The fraction of sp³-hybridized carbons (Fsp3) is 0.136. The van der Waals surface area contributed by atoms with Crippen molar-refractivity contribution in [1.29, 1.82) is 0 Å². The van der Waals surface area contributed by atoms with Crippen molar-refractivity contribution in [2.24, 2.45) is 0 Å². The molecule has 0 aliphatic rings. The maximum absolute atomic E-state index is 12.4. The van der Waals surface area contributed by atoms with Crippen LogP contribution in [0.4, 0.5) is 0 Å². The molecule has 0 aliphatic heterocycles. The van der Waals surface area contributed by atoms with Gasteiger partial charge in [0.2, 0.25) is 5.91 Å². The lowest BCUT2D eigenvalue weighted by molar-refractivity contribution is -0.118. The van der Waals surface area contributed by atoms with Crippen LogP contribution >= 0.6 is 34.7 Å². The second-order valence-electron chi connectivity index (χ2n) is 6.46. The van der Waals surface area contributed by atoms with Crippen LogP contribution in [-0.2, 0) is 11.3 Å². The molecule has 2 aromatic carbocycles. The van der Waals surface area contributed by atoms with Gasteiger partial charge in [0, 0.05) is 16.1 Å². The predicted octanol–water partition coefficient (Wildman–Crippen LogP) is 5.07. The van der Waals surface area contributed by atoms with Crippen molar-refractivity contribution in [1.82, 2.24) is 20.1 Å². The third-order valence-electron chi connectivity index (χ3n) is 4.45. The molecular weight excluding hydrogens is 452 g/mol. The van der Waals surface area contributed by atoms with E-state index in [9.17, 15) is 4.79 Å². The Hall–Kier alpha value is -2.81. The van der Waals surface area contributed by atoms with Gasteiger partial charge in [0.25, 0.3) is 0 Å². The molecule has 2 heterocycles. The molecule has 4 aromatic rings. The number of benzene rings is 2. The van der Waals surface area contributed by atoms with Gasteiger partial charge in [-0.2, -0.15) is 0 Å². The monoisotopic (exact) mass is 470 g/mol. The van der Waals surface area contributed by atoms with Gasteiger partial charge in [-0.25, -0.2) is 0 Å². The number of rotatable bonds is 8. The maximum Gasteiger partial charge on any atom is 0.230 e. The summed E-state index contributed by atoms with van der Waals surface area (Å²) in [6, 6.07) is 19.0. The minimum absolute atomic E-state index is 0.0676. The lowest BCUT2D eigenvalue weighted by atomic mass is 10.2. The second kappa shape index (κ2) is 10.00. The highest BCUT2D eigenvalue weighted by Crippen LogP contribution is 2.32. The van der Waals surface area contributed by atoms with Crippen molar-refractivity contribution in [3.05, 3.63) is 75.9 Å². The first kappa shape index (κ1) is 21.4. The molecule has 0 saturated heterocycles. The molecule has 0 fully saturated rings. The molecule has 0 unspecified atom stereocenters. The number of hydrogen-bond donors (Lipinski definition) is 1. The van der Waals surface area contributed by atoms with Crippen LogP contribution in [0.15, 0.2) is 71.2 Å². The van der Waals surface area contributed by atoms with E-state index in [1.54, 1.807) is 18.4 Å². The van der Waals surface area contributed by atoms with Gasteiger partial charge in [-0.1, -0.05) is 41.6 Å². The van der Waals surface area contributed by atoms with E-state index in [4.69, 9.17) is 16.3 Å². The summed E-state index contributed by atoms with van der Waals surface area (Å²) in [7, 11) is 1.62. The number of ether oxygens (including phenoxy) is 1. The van der Waals surface area contributed by atoms with Gasteiger partial charge in [-0.3, -0.25) is 9.36 Å². The van der Waals surface area contributed by atoms with Crippen LogP contribution in [0.5, 0.6) is 5.75 Å². The first-order valence-electron chi connectivity index (χ1n) is 9.42. The molecule has 0 spiro atoms. The van der Waals surface area contributed by atoms with Gasteiger partial charge in [0.05, 0.1) is 24.4 Å². The minimum atomic E-state index is -0.0676. The minimum Gasteiger partial charge on any atom is -0.497 e. The van der Waals surface area contributed by atoms with E-state index < -0.39 is 0 Å². The zero-order valence-electron chi connectivity index (χ0n) is 16.6. The molecule has 0 saturated carbocycles. The lowest BCUT2D eigenvalue weighted by Gasteiger charge is -2.12. The topological polar surface area (TPSA) is 69.0 Å². The van der Waals surface area contributed by atoms with E-state index in [0.29, 0.717) is 22.5 Å². The number of amides is 1. The number of thioether (sulfide) groups is 1. The summed E-state index contributed by atoms with van der Waals surface area (Å²) in [6.07, 6.45) is 0. The normalized spacial score (nSPS) is 10.8. The first-order chi connectivity index (χ1) is 15.2. The zero-order valence-corrected chi connectivity index (χ0v) is 19.0. The van der Waals surface area contributed by atoms with Gasteiger partial charge in [-0.05, 0) is 47.8 Å². The smallest absolute Gasteiger partial charge is 0.230 e. The van der Waals surface area contributed by atoms with E-state index >= 15 is 0 Å². The number of carbonyl (C=O) groups excluding carboxylic acids is 1. The first-order valence-corrected chi connectivity index (χ1v) is 11.7. The van der Waals surface area contributed by atoms with Crippen LogP contribution in [-0.4, -0.2) is 33.5 Å². The van der Waals surface area contributed by atoms with E-state index in [1.165, 1.54) is 11.8 Å². The Balaban J connectivity index is 1.59. The molecule has 1 amide bonds. The molecular formula is C22H19ClN4O2S2. The third kappa shape index (κ3) is 5.10. The van der Waals surface area contributed by atoms with Crippen molar-refractivity contribution in [2.45, 2.75) is 11.7 Å². The van der Waals surface area contributed by atoms with Crippen molar-refractivity contribution in [2.75, 3.05) is 12.9 Å². The van der Waals surface area contributed by atoms with Crippen LogP contribution in [0.1, 0.15) is 4.88 Å². The molecule has 4 rings (SSSR count). The maximum atomic E-state index is 12.4. The number of thiophene rings is 1. The average molecular weight is 471 g/mol. The molecule has 0 aliphatic carbocycles. The highest BCUT2D eigenvalue weighted by molar-refractivity contribution is 7.99. The number of methoxy groups -OCH3 is 1. The van der Waals surface area contributed by atoms with Crippen LogP contribution in [0.25, 0.3) is 17.1 Å². The molecule has 6 nitrogen and oxygen atoms in total. The Morgan fingerprint density at radius 2 is 1.94 bits per heavy atom. The second-order valence-corrected chi connectivity index (χ2v) is 8.85. The number of nitrogens with one attached hydrogen (secondary N) is 1. The Morgan fingerprint density at radius 3 is 2.65 bits per heavy atom. The number of hydrogen-bond acceptors (Lipinski definition) is 6. The number of nitrogens with zero attached hydrogens (tertiary/aromatic N) is 3. The highest BCUT2D eigenvalue weighted by Gasteiger charge is 2.19. The van der Waals surface area contributed by atoms with Gasteiger partial charge in [0.15, 0.2) is 11.0 Å². The van der Waals surface area contributed by atoms with Crippen molar-refractivity contribution >= 4 is 40.6 Å². The summed E-state index contributed by atoms with van der Waals surface area (Å²) in [5, 5.41) is 14.8. The predicted molar refractivity (Wildman–Crippen MR) is 125 cm³/mol. The summed E-state index contributed by atoms with van der Waals surface area (Å²) in [5.41, 5.74) is 1.61. The zero-order chi connectivity index (χ0) is 21.6. The van der Waals surface area contributed by atoms with Gasteiger partial charge in [0.1, 0.15) is 5.75 Å². The van der Waals surface area contributed by atoms with E-state index in [2.05, 4.69) is 15.5 Å². The number of carbonyl (C=O) groups is 1. The van der Waals surface area contributed by atoms with Crippen LogP contribution in [0.2, 0.25) is 5.02 Å². The summed E-state index contributed by atoms with van der Waals surface area (Å²) in [4.78, 5) is 13.5. The van der Waals surface area contributed by atoms with Crippen LogP contribution in [0, 0.1) is 0 Å². The standard InChI is InChI=1S/C22H19ClN4O2S2/c1-29-16-10-8-15(9-11-16)27-21(18-6-2-3-7-19(18)23)25-26-22(27)31-14-20(28)24-13-17-5-4-12-30-17/h2-12H,13-14H2,1H3,(H,24,28). The third-order valence-corrected chi connectivity index (χ3v) is 6.59. The fourth-order valence-corrected chi connectivity index (χ4v) is 4.57. The van der Waals surface area contributed by atoms with Gasteiger partial charge >= 0.3 is 0 Å². The summed E-state index contributed by atoms with van der Waals surface area (Å²) < 4.78 is 7.17. The summed E-state index contributed by atoms with van der Waals surface area (Å²) >= 11 is 9.36. The van der Waals surface area contributed by atoms with Gasteiger partial charge < -0.3 is 10.1 Å². The number of aromatic nitrogens is 3. The molecule has 31 heavy (non-hydrogen) atoms. The van der Waals surface area contributed by atoms with Crippen molar-refractivity contribution in [3.63, 3.8) is 0 Å². The molecule has 2 aromatic heterocycles. The van der Waals surface area contributed by atoms with Gasteiger partial charge in [-0.15, -0.1) is 21.5 Å². The average Bonchev–Trinajstić information content (AvgIpc) is 3.47. The Morgan fingerprint density at radius 1 is 1.13 bits per heavy atom. The molecule has 158 valence electrons. The lowest BCUT2D eigenvalue weighted by Crippen LogP contribution is -2.24. The molecule has 0 bridgehead atoms. The Labute approximate surface area is 193 Å². The molecule has 9 heteroatoms. The largest absolute Gasteiger partial charge is 0.497 e. The number of halogens is 1. The van der Waals surface area contributed by atoms with E-state index in [0.717, 1.165) is 21.9 Å². The Bertz CT molecular complexity index is 1160. The van der Waals surface area contributed by atoms with Crippen LogP contribution in [0.3, 0.4) is 0 Å². The molecule has 0 atom stereocenters. The van der Waals surface area contributed by atoms with E-state index in [1.807, 2.05) is 70.6 Å². The van der Waals surface area contributed by atoms with Crippen molar-refractivity contribution in [3.8, 4) is 22.8 Å². The summed E-state index contributed by atoms with van der Waals surface area (Å²) in [5.74, 6) is 1.51. The van der Waals surface area contributed by atoms with Crippen molar-refractivity contribution < 1.29 is 9.53 Å². The SMILES string of the molecule is COc1ccc(-n2c(SCC(=O)NCc3cccs3)nnc2-c2ccccc2Cl)cc1. The molecule has 0 radical (unpaired) electrons. The Kier molecular flexibility index (Phi) is 6.91. The van der Waals surface area contributed by atoms with E-state index in [-0.39, 0.29) is 11.7 Å². The highest BCUT2D eigenvalue weighted by atomic mass is 35.5. The quantitative estimate of drug-likeness (QED) is 0.364. The van der Waals surface area contributed by atoms with Crippen LogP contribution < -0.4 is 10.1 Å². The summed E-state index contributed by atoms with van der Waals surface area (Å²) in [6.45, 7) is 0.521. The molecule has 1 N–H and O–H groups in total.